The molecule has 2 nitrogen and oxygen atoms in total. The van der Waals surface area contributed by atoms with E-state index in [0.29, 0.717) is 11.8 Å². The maximum atomic E-state index is 13.2. The van der Waals surface area contributed by atoms with Gasteiger partial charge in [0, 0.05) is 11.8 Å². The van der Waals surface area contributed by atoms with Crippen molar-refractivity contribution >= 4 is 11.6 Å². The van der Waals surface area contributed by atoms with Crippen LogP contribution in [0.25, 0.3) is 11.4 Å². The average molecular weight is 291 g/mol. The molecule has 100 valence electrons. The van der Waals surface area contributed by atoms with Gasteiger partial charge in [0.25, 0.3) is 0 Å². The summed E-state index contributed by atoms with van der Waals surface area (Å²) in [5, 5.41) is 0. The standard InChI is InChI=1S/C12H7ClF4N2/c13-6-8-3-4-18-11(19-8)9-5-7(14)1-2-10(9)12(15,16)17/h1-5H,6H2. The summed E-state index contributed by atoms with van der Waals surface area (Å²) in [6.07, 6.45) is -3.32. The Morgan fingerprint density at radius 2 is 1.89 bits per heavy atom. The summed E-state index contributed by atoms with van der Waals surface area (Å²) in [7, 11) is 0. The first-order valence-electron chi connectivity index (χ1n) is 5.17. The van der Waals surface area contributed by atoms with E-state index in [9.17, 15) is 17.6 Å². The van der Waals surface area contributed by atoms with E-state index < -0.39 is 23.1 Å². The molecule has 0 amide bonds. The molecule has 0 aliphatic heterocycles. The van der Waals surface area contributed by atoms with Crippen molar-refractivity contribution in [2.75, 3.05) is 0 Å². The lowest BCUT2D eigenvalue weighted by Gasteiger charge is -2.12. The molecule has 19 heavy (non-hydrogen) atoms. The second-order valence-electron chi connectivity index (χ2n) is 3.69. The van der Waals surface area contributed by atoms with Gasteiger partial charge in [-0.3, -0.25) is 0 Å². The molecular formula is C12H7ClF4N2. The van der Waals surface area contributed by atoms with Gasteiger partial charge < -0.3 is 0 Å². The Balaban J connectivity index is 2.63. The molecule has 0 unspecified atom stereocenters. The lowest BCUT2D eigenvalue weighted by atomic mass is 10.1. The van der Waals surface area contributed by atoms with Crippen LogP contribution >= 0.6 is 11.6 Å². The third kappa shape index (κ3) is 3.01. The molecule has 0 fully saturated rings. The van der Waals surface area contributed by atoms with Crippen LogP contribution in [-0.4, -0.2) is 9.97 Å². The zero-order valence-electron chi connectivity index (χ0n) is 9.38. The van der Waals surface area contributed by atoms with Gasteiger partial charge in [0.1, 0.15) is 5.82 Å². The van der Waals surface area contributed by atoms with Crippen molar-refractivity contribution in [3.8, 4) is 11.4 Å². The number of halogens is 5. The van der Waals surface area contributed by atoms with E-state index in [4.69, 9.17) is 11.6 Å². The van der Waals surface area contributed by atoms with E-state index in [1.54, 1.807) is 0 Å². The molecule has 7 heteroatoms. The summed E-state index contributed by atoms with van der Waals surface area (Å²) >= 11 is 5.56. The second kappa shape index (κ2) is 5.13. The Bertz CT molecular complexity index is 599. The summed E-state index contributed by atoms with van der Waals surface area (Å²) in [5.74, 6) is -0.959. The molecule has 1 heterocycles. The van der Waals surface area contributed by atoms with Crippen molar-refractivity contribution in [3.63, 3.8) is 0 Å². The Morgan fingerprint density at radius 1 is 1.16 bits per heavy atom. The SMILES string of the molecule is Fc1ccc(C(F)(F)F)c(-c2nccc(CCl)n2)c1. The van der Waals surface area contributed by atoms with Crippen molar-refractivity contribution in [2.24, 2.45) is 0 Å². The fraction of sp³-hybridized carbons (Fsp3) is 0.167. The molecular weight excluding hydrogens is 284 g/mol. The topological polar surface area (TPSA) is 25.8 Å². The summed E-state index contributed by atoms with van der Waals surface area (Å²) in [5.41, 5.74) is -1.02. The zero-order valence-corrected chi connectivity index (χ0v) is 10.1. The molecule has 0 saturated carbocycles. The van der Waals surface area contributed by atoms with Gasteiger partial charge in [-0.2, -0.15) is 13.2 Å². The van der Waals surface area contributed by atoms with Gasteiger partial charge in [0.05, 0.1) is 17.1 Å². The highest BCUT2D eigenvalue weighted by molar-refractivity contribution is 6.16. The Hall–Kier alpha value is -1.69. The highest BCUT2D eigenvalue weighted by Gasteiger charge is 2.34. The molecule has 0 saturated heterocycles. The smallest absolute Gasteiger partial charge is 0.237 e. The van der Waals surface area contributed by atoms with Gasteiger partial charge >= 0.3 is 6.18 Å². The van der Waals surface area contributed by atoms with E-state index in [2.05, 4.69) is 9.97 Å². The minimum atomic E-state index is -4.61. The maximum absolute atomic E-state index is 13.2. The predicted molar refractivity (Wildman–Crippen MR) is 62.0 cm³/mol. The normalized spacial score (nSPS) is 11.6. The van der Waals surface area contributed by atoms with E-state index in [0.717, 1.165) is 12.1 Å². The van der Waals surface area contributed by atoms with Gasteiger partial charge in [-0.1, -0.05) is 0 Å². The molecule has 0 radical (unpaired) electrons. The summed E-state index contributed by atoms with van der Waals surface area (Å²) in [4.78, 5) is 7.60. The third-order valence-corrected chi connectivity index (χ3v) is 2.65. The molecule has 0 bridgehead atoms. The maximum Gasteiger partial charge on any atom is 0.417 e. The van der Waals surface area contributed by atoms with Crippen LogP contribution < -0.4 is 0 Å². The van der Waals surface area contributed by atoms with E-state index in [1.165, 1.54) is 12.3 Å². The molecule has 0 atom stereocenters. The van der Waals surface area contributed by atoms with E-state index in [-0.39, 0.29) is 11.7 Å². The fourth-order valence-electron chi connectivity index (χ4n) is 1.55. The van der Waals surface area contributed by atoms with Gasteiger partial charge in [-0.25, -0.2) is 14.4 Å². The van der Waals surface area contributed by atoms with Crippen molar-refractivity contribution in [1.82, 2.24) is 9.97 Å². The first-order chi connectivity index (χ1) is 8.91. The van der Waals surface area contributed by atoms with Gasteiger partial charge in [0.2, 0.25) is 0 Å². The number of aromatic nitrogens is 2. The number of nitrogens with zero attached hydrogens (tertiary/aromatic N) is 2. The highest BCUT2D eigenvalue weighted by atomic mass is 35.5. The zero-order chi connectivity index (χ0) is 14.0. The number of hydrogen-bond acceptors (Lipinski definition) is 2. The van der Waals surface area contributed by atoms with Crippen LogP contribution in [0.15, 0.2) is 30.5 Å². The van der Waals surface area contributed by atoms with Crippen LogP contribution in [0.5, 0.6) is 0 Å². The quantitative estimate of drug-likeness (QED) is 0.616. The van der Waals surface area contributed by atoms with Crippen molar-refractivity contribution in [2.45, 2.75) is 12.1 Å². The van der Waals surface area contributed by atoms with Gasteiger partial charge in [0.15, 0.2) is 5.82 Å². The van der Waals surface area contributed by atoms with Crippen LogP contribution in [0.4, 0.5) is 17.6 Å². The minimum absolute atomic E-state index is 0.0339. The summed E-state index contributed by atoms with van der Waals surface area (Å²) < 4.78 is 51.7. The summed E-state index contributed by atoms with van der Waals surface area (Å²) in [6, 6.07) is 3.65. The van der Waals surface area contributed by atoms with Crippen LogP contribution in [0.3, 0.4) is 0 Å². The molecule has 2 aromatic rings. The van der Waals surface area contributed by atoms with Crippen LogP contribution in [-0.2, 0) is 12.1 Å². The average Bonchev–Trinajstić information content (AvgIpc) is 2.37. The minimum Gasteiger partial charge on any atom is -0.237 e. The Kier molecular flexibility index (Phi) is 3.71. The van der Waals surface area contributed by atoms with Crippen molar-refractivity contribution in [1.29, 1.82) is 0 Å². The van der Waals surface area contributed by atoms with Crippen LogP contribution in [0.2, 0.25) is 0 Å². The fourth-order valence-corrected chi connectivity index (χ4v) is 1.70. The molecule has 0 spiro atoms. The number of hydrogen-bond donors (Lipinski definition) is 0. The number of benzene rings is 1. The van der Waals surface area contributed by atoms with Crippen molar-refractivity contribution in [3.05, 3.63) is 47.5 Å². The number of alkyl halides is 4. The molecule has 2 rings (SSSR count). The van der Waals surface area contributed by atoms with Gasteiger partial charge in [-0.05, 0) is 24.3 Å². The lowest BCUT2D eigenvalue weighted by Crippen LogP contribution is -2.09. The monoisotopic (exact) mass is 290 g/mol. The molecule has 0 N–H and O–H groups in total. The molecule has 0 aliphatic rings. The Morgan fingerprint density at radius 3 is 2.53 bits per heavy atom. The largest absolute Gasteiger partial charge is 0.417 e. The second-order valence-corrected chi connectivity index (χ2v) is 3.96. The number of rotatable bonds is 2. The molecule has 1 aromatic heterocycles. The molecule has 0 aliphatic carbocycles. The first-order valence-corrected chi connectivity index (χ1v) is 5.70. The van der Waals surface area contributed by atoms with Crippen LogP contribution in [0, 0.1) is 5.82 Å². The third-order valence-electron chi connectivity index (χ3n) is 2.38. The van der Waals surface area contributed by atoms with E-state index >= 15 is 0 Å². The highest BCUT2D eigenvalue weighted by Crippen LogP contribution is 2.36. The lowest BCUT2D eigenvalue weighted by molar-refractivity contribution is -0.137. The predicted octanol–water partition coefficient (Wildman–Crippen LogP) is 4.04. The first kappa shape index (κ1) is 13.7. The van der Waals surface area contributed by atoms with Crippen molar-refractivity contribution < 1.29 is 17.6 Å². The van der Waals surface area contributed by atoms with Crippen LogP contribution in [0.1, 0.15) is 11.3 Å². The Labute approximate surface area is 111 Å². The molecule has 1 aromatic carbocycles. The van der Waals surface area contributed by atoms with E-state index in [1.807, 2.05) is 0 Å². The van der Waals surface area contributed by atoms with Gasteiger partial charge in [-0.15, -0.1) is 11.6 Å². The summed E-state index contributed by atoms with van der Waals surface area (Å²) in [6.45, 7) is 0.